The number of halogens is 1. The highest BCUT2D eigenvalue weighted by atomic mass is 35.5. The highest BCUT2D eigenvalue weighted by Crippen LogP contribution is 2.48. The lowest BCUT2D eigenvalue weighted by Crippen LogP contribution is -2.42. The number of hydrogen-bond donors (Lipinski definition) is 1. The maximum absolute atomic E-state index is 10.2. The van der Waals surface area contributed by atoms with E-state index in [-0.39, 0.29) is 0 Å². The summed E-state index contributed by atoms with van der Waals surface area (Å²) in [4.78, 5) is 0. The Bertz CT molecular complexity index is 324. The van der Waals surface area contributed by atoms with Crippen LogP contribution in [0.2, 0.25) is 5.02 Å². The van der Waals surface area contributed by atoms with Crippen LogP contribution in [0, 0.1) is 5.92 Å². The van der Waals surface area contributed by atoms with Gasteiger partial charge in [-0.25, -0.2) is 0 Å². The van der Waals surface area contributed by atoms with E-state index in [4.69, 9.17) is 11.6 Å². The van der Waals surface area contributed by atoms with Gasteiger partial charge in [-0.3, -0.25) is 0 Å². The predicted octanol–water partition coefficient (Wildman–Crippen LogP) is 2.96. The van der Waals surface area contributed by atoms with E-state index in [0.717, 1.165) is 18.4 Å². The van der Waals surface area contributed by atoms with E-state index in [0.29, 0.717) is 10.9 Å². The van der Waals surface area contributed by atoms with Crippen LogP contribution in [0.1, 0.15) is 25.3 Å². The Kier molecular flexibility index (Phi) is 2.09. The average Bonchev–Trinajstić information content (AvgIpc) is 2.15. The van der Waals surface area contributed by atoms with Gasteiger partial charge >= 0.3 is 0 Å². The zero-order valence-electron chi connectivity index (χ0n) is 7.63. The van der Waals surface area contributed by atoms with Crippen molar-refractivity contribution in [3.8, 4) is 0 Å². The fraction of sp³-hybridized carbons (Fsp3) is 0.455. The topological polar surface area (TPSA) is 20.2 Å². The zero-order valence-corrected chi connectivity index (χ0v) is 8.38. The lowest BCUT2D eigenvalue weighted by atomic mass is 9.67. The molecule has 1 aromatic carbocycles. The lowest BCUT2D eigenvalue weighted by molar-refractivity contribution is -0.0929. The summed E-state index contributed by atoms with van der Waals surface area (Å²) < 4.78 is 0. The molecule has 1 aromatic rings. The quantitative estimate of drug-likeness (QED) is 0.732. The molecule has 1 aliphatic rings. The van der Waals surface area contributed by atoms with Crippen molar-refractivity contribution >= 4 is 11.6 Å². The lowest BCUT2D eigenvalue weighted by Gasteiger charge is -2.44. The van der Waals surface area contributed by atoms with Gasteiger partial charge in [0.2, 0.25) is 0 Å². The van der Waals surface area contributed by atoms with Crippen molar-refractivity contribution in [2.45, 2.75) is 25.4 Å². The van der Waals surface area contributed by atoms with Crippen molar-refractivity contribution in [2.24, 2.45) is 5.92 Å². The van der Waals surface area contributed by atoms with Crippen molar-refractivity contribution in [1.29, 1.82) is 0 Å². The second-order valence-electron chi connectivity index (χ2n) is 3.84. The van der Waals surface area contributed by atoms with Crippen LogP contribution in [0.15, 0.2) is 24.3 Å². The Labute approximate surface area is 83.3 Å². The molecule has 2 unspecified atom stereocenters. The largest absolute Gasteiger partial charge is 0.385 e. The molecule has 0 aliphatic heterocycles. The minimum absolute atomic E-state index is 0.326. The molecule has 0 saturated heterocycles. The third-order valence-corrected chi connectivity index (χ3v) is 3.44. The first-order chi connectivity index (χ1) is 6.14. The smallest absolute Gasteiger partial charge is 0.0936 e. The Morgan fingerprint density at radius 2 is 2.15 bits per heavy atom. The summed E-state index contributed by atoms with van der Waals surface area (Å²) in [5.74, 6) is 0.326. The predicted molar refractivity (Wildman–Crippen MR) is 53.7 cm³/mol. The van der Waals surface area contributed by atoms with Gasteiger partial charge in [0.1, 0.15) is 0 Å². The summed E-state index contributed by atoms with van der Waals surface area (Å²) in [6.07, 6.45) is 1.92. The molecule has 1 aliphatic carbocycles. The molecule has 2 heteroatoms. The van der Waals surface area contributed by atoms with Crippen LogP contribution in [0.3, 0.4) is 0 Å². The molecule has 0 heterocycles. The summed E-state index contributed by atoms with van der Waals surface area (Å²) >= 11 is 6.03. The van der Waals surface area contributed by atoms with Crippen LogP contribution in [0.4, 0.5) is 0 Å². The van der Waals surface area contributed by atoms with E-state index in [9.17, 15) is 5.11 Å². The minimum Gasteiger partial charge on any atom is -0.385 e. The van der Waals surface area contributed by atoms with Crippen LogP contribution in [-0.2, 0) is 5.60 Å². The summed E-state index contributed by atoms with van der Waals surface area (Å²) in [6.45, 7) is 2.06. The molecule has 0 spiro atoms. The summed E-state index contributed by atoms with van der Waals surface area (Å²) in [5.41, 5.74) is 0.216. The molecule has 0 amide bonds. The standard InChI is InChI=1S/C11H13ClO/c1-8-6-7-11(8,13)9-4-2-3-5-10(9)12/h2-5,8,13H,6-7H2,1H3. The fourth-order valence-corrected chi connectivity index (χ4v) is 2.22. The first kappa shape index (κ1) is 9.04. The van der Waals surface area contributed by atoms with Crippen molar-refractivity contribution in [3.63, 3.8) is 0 Å². The van der Waals surface area contributed by atoms with Gasteiger partial charge in [-0.05, 0) is 24.8 Å². The highest BCUT2D eigenvalue weighted by molar-refractivity contribution is 6.31. The Morgan fingerprint density at radius 3 is 2.62 bits per heavy atom. The van der Waals surface area contributed by atoms with E-state index in [2.05, 4.69) is 6.92 Å². The molecular weight excluding hydrogens is 184 g/mol. The number of rotatable bonds is 1. The van der Waals surface area contributed by atoms with Gasteiger partial charge in [-0.15, -0.1) is 0 Å². The summed E-state index contributed by atoms with van der Waals surface area (Å²) in [6, 6.07) is 7.56. The van der Waals surface area contributed by atoms with Gasteiger partial charge in [0, 0.05) is 10.6 Å². The second-order valence-corrected chi connectivity index (χ2v) is 4.25. The minimum atomic E-state index is -0.668. The number of hydrogen-bond acceptors (Lipinski definition) is 1. The fourth-order valence-electron chi connectivity index (χ4n) is 1.92. The molecule has 1 fully saturated rings. The third-order valence-electron chi connectivity index (χ3n) is 3.11. The molecule has 1 nitrogen and oxygen atoms in total. The molecule has 13 heavy (non-hydrogen) atoms. The maximum atomic E-state index is 10.2. The Hall–Kier alpha value is -0.530. The van der Waals surface area contributed by atoms with Gasteiger partial charge in [0.05, 0.1) is 5.60 Å². The molecule has 0 radical (unpaired) electrons. The molecule has 70 valence electrons. The monoisotopic (exact) mass is 196 g/mol. The van der Waals surface area contributed by atoms with Crippen LogP contribution < -0.4 is 0 Å². The van der Waals surface area contributed by atoms with Crippen molar-refractivity contribution in [2.75, 3.05) is 0 Å². The van der Waals surface area contributed by atoms with Gasteiger partial charge in [0.25, 0.3) is 0 Å². The van der Waals surface area contributed by atoms with Crippen molar-refractivity contribution in [1.82, 2.24) is 0 Å². The van der Waals surface area contributed by atoms with E-state index in [1.807, 2.05) is 24.3 Å². The van der Waals surface area contributed by atoms with Crippen LogP contribution in [0.25, 0.3) is 0 Å². The van der Waals surface area contributed by atoms with E-state index in [1.165, 1.54) is 0 Å². The summed E-state index contributed by atoms with van der Waals surface area (Å²) in [7, 11) is 0. The second kappa shape index (κ2) is 3.00. The molecule has 0 aromatic heterocycles. The molecule has 1 N–H and O–H groups in total. The first-order valence-electron chi connectivity index (χ1n) is 4.62. The average molecular weight is 197 g/mol. The van der Waals surface area contributed by atoms with Crippen molar-refractivity contribution < 1.29 is 5.11 Å². The van der Waals surface area contributed by atoms with Gasteiger partial charge in [0.15, 0.2) is 0 Å². The first-order valence-corrected chi connectivity index (χ1v) is 5.00. The number of aliphatic hydroxyl groups is 1. The zero-order chi connectivity index (χ0) is 9.47. The number of benzene rings is 1. The Balaban J connectivity index is 2.40. The summed E-state index contributed by atoms with van der Waals surface area (Å²) in [5, 5.41) is 10.9. The third kappa shape index (κ3) is 1.27. The van der Waals surface area contributed by atoms with Crippen LogP contribution in [-0.4, -0.2) is 5.11 Å². The molecule has 2 atom stereocenters. The molecule has 2 rings (SSSR count). The van der Waals surface area contributed by atoms with Crippen molar-refractivity contribution in [3.05, 3.63) is 34.9 Å². The van der Waals surface area contributed by atoms with E-state index < -0.39 is 5.60 Å². The van der Waals surface area contributed by atoms with E-state index in [1.54, 1.807) is 0 Å². The van der Waals surface area contributed by atoms with Crippen LogP contribution >= 0.6 is 11.6 Å². The van der Waals surface area contributed by atoms with Gasteiger partial charge < -0.3 is 5.11 Å². The van der Waals surface area contributed by atoms with Gasteiger partial charge in [-0.1, -0.05) is 36.7 Å². The van der Waals surface area contributed by atoms with E-state index >= 15 is 0 Å². The highest BCUT2D eigenvalue weighted by Gasteiger charge is 2.44. The van der Waals surface area contributed by atoms with Crippen LogP contribution in [0.5, 0.6) is 0 Å². The molecule has 1 saturated carbocycles. The molecule has 0 bridgehead atoms. The Morgan fingerprint density at radius 1 is 1.46 bits per heavy atom. The van der Waals surface area contributed by atoms with Gasteiger partial charge in [-0.2, -0.15) is 0 Å². The SMILES string of the molecule is CC1CCC1(O)c1ccccc1Cl. The molecular formula is C11H13ClO. The normalized spacial score (nSPS) is 32.7. The maximum Gasteiger partial charge on any atom is 0.0936 e.